The summed E-state index contributed by atoms with van der Waals surface area (Å²) in [6.07, 6.45) is 0.823. The highest BCUT2D eigenvalue weighted by Gasteiger charge is 2.12. The van der Waals surface area contributed by atoms with Crippen LogP contribution in [0.15, 0.2) is 48.5 Å². The van der Waals surface area contributed by atoms with Crippen molar-refractivity contribution in [2.75, 3.05) is 30.3 Å². The third kappa shape index (κ3) is 6.36. The van der Waals surface area contributed by atoms with Crippen molar-refractivity contribution in [3.8, 4) is 0 Å². The molecular weight excluding hydrogens is 362 g/mol. The number of benzene rings is 2. The molecule has 0 unspecified atom stereocenters. The Bertz CT molecular complexity index is 823. The van der Waals surface area contributed by atoms with Crippen LogP contribution in [-0.4, -0.2) is 36.4 Å². The average Bonchev–Trinajstić information content (AvgIpc) is 2.70. The molecule has 0 saturated heterocycles. The SMILES string of the molecule is NCCNC(=O)c1ccccc1NC(=O)CCCNc1ccc([N+](=O)[O-])cc1. The van der Waals surface area contributed by atoms with E-state index in [0.717, 1.165) is 5.69 Å². The fourth-order valence-electron chi connectivity index (χ4n) is 2.47. The van der Waals surface area contributed by atoms with Gasteiger partial charge in [-0.1, -0.05) is 12.1 Å². The summed E-state index contributed by atoms with van der Waals surface area (Å²) in [7, 11) is 0. The van der Waals surface area contributed by atoms with Gasteiger partial charge >= 0.3 is 0 Å². The molecule has 0 aliphatic rings. The lowest BCUT2D eigenvalue weighted by Gasteiger charge is -2.11. The number of para-hydroxylation sites is 1. The quantitative estimate of drug-likeness (QED) is 0.281. The highest BCUT2D eigenvalue weighted by atomic mass is 16.6. The van der Waals surface area contributed by atoms with E-state index < -0.39 is 4.92 Å². The molecule has 0 radical (unpaired) electrons. The second kappa shape index (κ2) is 10.6. The number of rotatable bonds is 10. The number of hydrogen-bond acceptors (Lipinski definition) is 6. The van der Waals surface area contributed by atoms with Gasteiger partial charge in [-0.3, -0.25) is 19.7 Å². The van der Waals surface area contributed by atoms with Gasteiger partial charge in [-0.25, -0.2) is 0 Å². The van der Waals surface area contributed by atoms with Crippen LogP contribution in [0.5, 0.6) is 0 Å². The number of carbonyl (C=O) groups is 2. The lowest BCUT2D eigenvalue weighted by molar-refractivity contribution is -0.384. The van der Waals surface area contributed by atoms with Crippen molar-refractivity contribution in [2.45, 2.75) is 12.8 Å². The summed E-state index contributed by atoms with van der Waals surface area (Å²) in [4.78, 5) is 34.5. The monoisotopic (exact) mass is 385 g/mol. The number of hydrogen-bond donors (Lipinski definition) is 4. The van der Waals surface area contributed by atoms with Gasteiger partial charge in [0, 0.05) is 43.9 Å². The minimum atomic E-state index is -0.456. The number of anilines is 2. The predicted molar refractivity (Wildman–Crippen MR) is 107 cm³/mol. The third-order valence-electron chi connectivity index (χ3n) is 3.86. The molecule has 2 rings (SSSR count). The lowest BCUT2D eigenvalue weighted by atomic mass is 10.1. The molecule has 28 heavy (non-hydrogen) atoms. The maximum Gasteiger partial charge on any atom is 0.269 e. The molecule has 2 aromatic carbocycles. The summed E-state index contributed by atoms with van der Waals surface area (Å²) in [5, 5.41) is 19.2. The van der Waals surface area contributed by atoms with Crippen LogP contribution < -0.4 is 21.7 Å². The average molecular weight is 385 g/mol. The summed E-state index contributed by atoms with van der Waals surface area (Å²) in [5.74, 6) is -0.495. The van der Waals surface area contributed by atoms with Crippen LogP contribution in [0.1, 0.15) is 23.2 Å². The van der Waals surface area contributed by atoms with Crippen molar-refractivity contribution < 1.29 is 14.5 Å². The zero-order valence-electron chi connectivity index (χ0n) is 15.3. The van der Waals surface area contributed by atoms with E-state index in [0.29, 0.717) is 37.3 Å². The van der Waals surface area contributed by atoms with Gasteiger partial charge in [0.05, 0.1) is 16.2 Å². The minimum Gasteiger partial charge on any atom is -0.385 e. The molecular formula is C19H23N5O4. The first-order chi connectivity index (χ1) is 13.5. The van der Waals surface area contributed by atoms with Crippen LogP contribution in [0.3, 0.4) is 0 Å². The predicted octanol–water partition coefficient (Wildman–Crippen LogP) is 2.11. The normalized spacial score (nSPS) is 10.2. The second-order valence-electron chi connectivity index (χ2n) is 5.97. The van der Waals surface area contributed by atoms with E-state index in [1.165, 1.54) is 12.1 Å². The summed E-state index contributed by atoms with van der Waals surface area (Å²) >= 11 is 0. The van der Waals surface area contributed by atoms with Crippen molar-refractivity contribution in [1.82, 2.24) is 5.32 Å². The van der Waals surface area contributed by atoms with Crippen molar-refractivity contribution in [3.05, 3.63) is 64.2 Å². The first-order valence-corrected chi connectivity index (χ1v) is 8.86. The van der Waals surface area contributed by atoms with Crippen molar-refractivity contribution >= 4 is 28.9 Å². The van der Waals surface area contributed by atoms with Gasteiger partial charge < -0.3 is 21.7 Å². The smallest absolute Gasteiger partial charge is 0.269 e. The van der Waals surface area contributed by atoms with Gasteiger partial charge in [-0.2, -0.15) is 0 Å². The molecule has 0 spiro atoms. The van der Waals surface area contributed by atoms with Crippen molar-refractivity contribution in [2.24, 2.45) is 5.73 Å². The number of nitrogens with zero attached hydrogens (tertiary/aromatic N) is 1. The fourth-order valence-corrected chi connectivity index (χ4v) is 2.47. The molecule has 0 aliphatic heterocycles. The van der Waals surface area contributed by atoms with E-state index >= 15 is 0 Å². The van der Waals surface area contributed by atoms with Gasteiger partial charge in [0.1, 0.15) is 0 Å². The fraction of sp³-hybridized carbons (Fsp3) is 0.263. The van der Waals surface area contributed by atoms with Gasteiger partial charge in [0.25, 0.3) is 11.6 Å². The molecule has 0 heterocycles. The minimum absolute atomic E-state index is 0.0269. The van der Waals surface area contributed by atoms with E-state index in [-0.39, 0.29) is 23.9 Å². The summed E-state index contributed by atoms with van der Waals surface area (Å²) in [5.41, 5.74) is 6.99. The number of nitrogens with two attached hydrogens (primary N) is 1. The number of nitro benzene ring substituents is 1. The Balaban J connectivity index is 1.80. The zero-order chi connectivity index (χ0) is 20.4. The lowest BCUT2D eigenvalue weighted by Crippen LogP contribution is -2.30. The van der Waals surface area contributed by atoms with Gasteiger partial charge in [-0.15, -0.1) is 0 Å². The zero-order valence-corrected chi connectivity index (χ0v) is 15.3. The highest BCUT2D eigenvalue weighted by Crippen LogP contribution is 2.17. The molecule has 5 N–H and O–H groups in total. The van der Waals surface area contributed by atoms with E-state index in [2.05, 4.69) is 16.0 Å². The molecule has 0 atom stereocenters. The largest absolute Gasteiger partial charge is 0.385 e. The number of nitro groups is 1. The van der Waals surface area contributed by atoms with Gasteiger partial charge in [0.2, 0.25) is 5.91 Å². The number of amides is 2. The molecule has 2 aromatic rings. The summed E-state index contributed by atoms with van der Waals surface area (Å²) < 4.78 is 0. The Hall–Kier alpha value is -3.46. The van der Waals surface area contributed by atoms with Gasteiger partial charge in [-0.05, 0) is 30.7 Å². The molecule has 9 nitrogen and oxygen atoms in total. The highest BCUT2D eigenvalue weighted by molar-refractivity contribution is 6.03. The van der Waals surface area contributed by atoms with Crippen LogP contribution in [0.2, 0.25) is 0 Å². The van der Waals surface area contributed by atoms with Crippen LogP contribution in [0.4, 0.5) is 17.1 Å². The first kappa shape index (κ1) is 20.8. The van der Waals surface area contributed by atoms with E-state index in [4.69, 9.17) is 5.73 Å². The molecule has 0 bridgehead atoms. The molecule has 2 amide bonds. The third-order valence-corrected chi connectivity index (χ3v) is 3.86. The summed E-state index contributed by atoms with van der Waals surface area (Å²) in [6, 6.07) is 12.8. The summed E-state index contributed by atoms with van der Waals surface area (Å²) in [6.45, 7) is 1.22. The number of carbonyl (C=O) groups excluding carboxylic acids is 2. The molecule has 9 heteroatoms. The number of non-ortho nitro benzene ring substituents is 1. The molecule has 148 valence electrons. The topological polar surface area (TPSA) is 139 Å². The number of nitrogens with one attached hydrogen (secondary N) is 3. The Kier molecular flexibility index (Phi) is 7.92. The van der Waals surface area contributed by atoms with E-state index in [1.54, 1.807) is 36.4 Å². The van der Waals surface area contributed by atoms with Gasteiger partial charge in [0.15, 0.2) is 0 Å². The van der Waals surface area contributed by atoms with Crippen molar-refractivity contribution in [1.29, 1.82) is 0 Å². The Morgan fingerprint density at radius 3 is 2.43 bits per heavy atom. The molecule has 0 saturated carbocycles. The maximum atomic E-state index is 12.2. The van der Waals surface area contributed by atoms with Crippen LogP contribution >= 0.6 is 0 Å². The Morgan fingerprint density at radius 2 is 1.75 bits per heavy atom. The van der Waals surface area contributed by atoms with Crippen LogP contribution in [0, 0.1) is 10.1 Å². The van der Waals surface area contributed by atoms with Crippen LogP contribution in [-0.2, 0) is 4.79 Å². The second-order valence-corrected chi connectivity index (χ2v) is 5.97. The van der Waals surface area contributed by atoms with E-state index in [9.17, 15) is 19.7 Å². The molecule has 0 fully saturated rings. The van der Waals surface area contributed by atoms with Crippen LogP contribution in [0.25, 0.3) is 0 Å². The van der Waals surface area contributed by atoms with E-state index in [1.807, 2.05) is 0 Å². The maximum absolute atomic E-state index is 12.2. The Labute approximate surface area is 162 Å². The molecule has 0 aromatic heterocycles. The molecule has 0 aliphatic carbocycles. The Morgan fingerprint density at radius 1 is 1.04 bits per heavy atom. The van der Waals surface area contributed by atoms with Crippen molar-refractivity contribution in [3.63, 3.8) is 0 Å². The first-order valence-electron chi connectivity index (χ1n) is 8.86. The standard InChI is InChI=1S/C19H23N5O4/c20-11-13-22-19(26)16-4-1-2-5-17(16)23-18(25)6-3-12-21-14-7-9-15(10-8-14)24(27)28/h1-2,4-5,7-10,21H,3,6,11-13,20H2,(H,22,26)(H,23,25).